The fourth-order valence-electron chi connectivity index (χ4n) is 2.78. The van der Waals surface area contributed by atoms with Gasteiger partial charge in [0.1, 0.15) is 0 Å². The van der Waals surface area contributed by atoms with Gasteiger partial charge in [0.15, 0.2) is 17.4 Å². The van der Waals surface area contributed by atoms with E-state index in [4.69, 9.17) is 0 Å². The Morgan fingerprint density at radius 2 is 1.67 bits per heavy atom. The molecule has 0 saturated heterocycles. The Morgan fingerprint density at radius 1 is 1.00 bits per heavy atom. The van der Waals surface area contributed by atoms with Crippen molar-refractivity contribution in [3.05, 3.63) is 41.7 Å². The van der Waals surface area contributed by atoms with Crippen molar-refractivity contribution in [1.82, 2.24) is 0 Å². The SMILES string of the molecule is CCc1c(CC)[n+](C(C)(C)C)cc2ccccc12. The van der Waals surface area contributed by atoms with Gasteiger partial charge < -0.3 is 0 Å². The quantitative estimate of drug-likeness (QED) is 0.701. The van der Waals surface area contributed by atoms with E-state index in [0.29, 0.717) is 0 Å². The highest BCUT2D eigenvalue weighted by molar-refractivity contribution is 5.84. The molecule has 0 aliphatic rings. The molecule has 0 bridgehead atoms. The second-order valence-electron chi connectivity index (χ2n) is 5.89. The van der Waals surface area contributed by atoms with Crippen molar-refractivity contribution in [2.75, 3.05) is 0 Å². The van der Waals surface area contributed by atoms with Crippen LogP contribution in [-0.4, -0.2) is 0 Å². The average Bonchev–Trinajstić information content (AvgIpc) is 2.35. The van der Waals surface area contributed by atoms with Gasteiger partial charge in [0.05, 0.1) is 0 Å². The molecule has 1 heteroatoms. The fourth-order valence-corrected chi connectivity index (χ4v) is 2.78. The normalized spacial score (nSPS) is 12.1. The van der Waals surface area contributed by atoms with E-state index in [2.05, 4.69) is 69.6 Å². The van der Waals surface area contributed by atoms with Crippen LogP contribution in [0.25, 0.3) is 10.8 Å². The first kappa shape index (κ1) is 13.1. The zero-order valence-corrected chi connectivity index (χ0v) is 12.2. The van der Waals surface area contributed by atoms with Crippen LogP contribution < -0.4 is 4.57 Å². The van der Waals surface area contributed by atoms with Crippen LogP contribution in [0.2, 0.25) is 0 Å². The van der Waals surface area contributed by atoms with Gasteiger partial charge in [0.25, 0.3) is 0 Å². The minimum atomic E-state index is 0.138. The van der Waals surface area contributed by atoms with Crippen LogP contribution >= 0.6 is 0 Å². The Hall–Kier alpha value is -1.37. The molecule has 1 aromatic heterocycles. The lowest BCUT2D eigenvalue weighted by Gasteiger charge is -2.19. The van der Waals surface area contributed by atoms with E-state index in [-0.39, 0.29) is 5.54 Å². The molecule has 0 radical (unpaired) electrons. The van der Waals surface area contributed by atoms with E-state index >= 15 is 0 Å². The number of aryl methyl sites for hydroxylation is 1. The number of pyridine rings is 1. The summed E-state index contributed by atoms with van der Waals surface area (Å²) in [5.41, 5.74) is 3.12. The Morgan fingerprint density at radius 3 is 2.22 bits per heavy atom. The topological polar surface area (TPSA) is 3.88 Å². The summed E-state index contributed by atoms with van der Waals surface area (Å²) in [6.07, 6.45) is 4.50. The molecule has 18 heavy (non-hydrogen) atoms. The van der Waals surface area contributed by atoms with Crippen LogP contribution in [0.5, 0.6) is 0 Å². The van der Waals surface area contributed by atoms with Crippen molar-refractivity contribution in [3.8, 4) is 0 Å². The van der Waals surface area contributed by atoms with Crippen molar-refractivity contribution >= 4 is 10.8 Å². The van der Waals surface area contributed by atoms with Gasteiger partial charge in [-0.3, -0.25) is 0 Å². The molecule has 0 spiro atoms. The number of nitrogens with zero attached hydrogens (tertiary/aromatic N) is 1. The summed E-state index contributed by atoms with van der Waals surface area (Å²) < 4.78 is 2.45. The van der Waals surface area contributed by atoms with Crippen LogP contribution in [0.4, 0.5) is 0 Å². The highest BCUT2D eigenvalue weighted by atomic mass is 15.0. The highest BCUT2D eigenvalue weighted by Gasteiger charge is 2.28. The predicted octanol–water partition coefficient (Wildman–Crippen LogP) is 4.01. The van der Waals surface area contributed by atoms with Gasteiger partial charge in [-0.05, 0) is 17.9 Å². The van der Waals surface area contributed by atoms with E-state index < -0.39 is 0 Å². The van der Waals surface area contributed by atoms with Gasteiger partial charge in [-0.15, -0.1) is 0 Å². The molecule has 0 N–H and O–H groups in total. The van der Waals surface area contributed by atoms with Gasteiger partial charge >= 0.3 is 0 Å². The lowest BCUT2D eigenvalue weighted by molar-refractivity contribution is -0.759. The lowest BCUT2D eigenvalue weighted by atomic mass is 9.97. The first-order valence-corrected chi connectivity index (χ1v) is 6.94. The third kappa shape index (κ3) is 2.14. The van der Waals surface area contributed by atoms with Crippen molar-refractivity contribution < 1.29 is 4.57 Å². The summed E-state index contributed by atoms with van der Waals surface area (Å²) in [4.78, 5) is 0. The first-order valence-electron chi connectivity index (χ1n) is 6.94. The molecule has 96 valence electrons. The minimum Gasteiger partial charge on any atom is -0.197 e. The van der Waals surface area contributed by atoms with E-state index in [1.165, 1.54) is 22.0 Å². The van der Waals surface area contributed by atoms with Gasteiger partial charge in [-0.2, -0.15) is 4.57 Å². The van der Waals surface area contributed by atoms with Crippen molar-refractivity contribution in [1.29, 1.82) is 0 Å². The number of benzene rings is 1. The monoisotopic (exact) mass is 242 g/mol. The van der Waals surface area contributed by atoms with Gasteiger partial charge in [0.2, 0.25) is 0 Å². The molecule has 0 saturated carbocycles. The molecular weight excluding hydrogens is 218 g/mol. The lowest BCUT2D eigenvalue weighted by Crippen LogP contribution is -2.53. The average molecular weight is 242 g/mol. The molecule has 1 aromatic carbocycles. The standard InChI is InChI=1S/C17H24N/c1-6-14-15-11-9-8-10-13(15)12-18(16(14)7-2)17(3,4)5/h8-12H,6-7H2,1-5H3/q+1. The smallest absolute Gasteiger partial charge is 0.185 e. The second kappa shape index (κ2) is 4.72. The maximum absolute atomic E-state index is 2.45. The third-order valence-electron chi connectivity index (χ3n) is 3.60. The molecule has 0 amide bonds. The van der Waals surface area contributed by atoms with Crippen molar-refractivity contribution in [3.63, 3.8) is 0 Å². The molecule has 0 aliphatic heterocycles. The molecule has 0 unspecified atom stereocenters. The summed E-state index contributed by atoms with van der Waals surface area (Å²) in [6.45, 7) is 11.3. The predicted molar refractivity (Wildman–Crippen MR) is 77.9 cm³/mol. The minimum absolute atomic E-state index is 0.138. The van der Waals surface area contributed by atoms with Gasteiger partial charge in [0, 0.05) is 38.1 Å². The summed E-state index contributed by atoms with van der Waals surface area (Å²) in [7, 11) is 0. The summed E-state index contributed by atoms with van der Waals surface area (Å²) >= 11 is 0. The number of hydrogen-bond donors (Lipinski definition) is 0. The van der Waals surface area contributed by atoms with Crippen LogP contribution in [-0.2, 0) is 18.4 Å². The molecule has 1 heterocycles. The van der Waals surface area contributed by atoms with Gasteiger partial charge in [-0.25, -0.2) is 0 Å². The molecule has 2 aromatic rings. The fraction of sp³-hybridized carbons (Fsp3) is 0.471. The molecule has 1 nitrogen and oxygen atoms in total. The maximum Gasteiger partial charge on any atom is 0.185 e. The highest BCUT2D eigenvalue weighted by Crippen LogP contribution is 2.22. The Labute approximate surface area is 110 Å². The Balaban J connectivity index is 2.87. The zero-order chi connectivity index (χ0) is 13.3. The van der Waals surface area contributed by atoms with E-state index in [1.807, 2.05) is 0 Å². The first-order chi connectivity index (χ1) is 8.49. The van der Waals surface area contributed by atoms with Crippen molar-refractivity contribution in [2.45, 2.75) is 53.0 Å². The molecule has 0 atom stereocenters. The summed E-state index contributed by atoms with van der Waals surface area (Å²) in [5.74, 6) is 0. The Kier molecular flexibility index (Phi) is 3.43. The molecular formula is C17H24N+. The van der Waals surface area contributed by atoms with Crippen LogP contribution in [0.15, 0.2) is 30.5 Å². The molecule has 0 aliphatic carbocycles. The zero-order valence-electron chi connectivity index (χ0n) is 12.2. The number of fused-ring (bicyclic) bond motifs is 1. The molecule has 2 rings (SSSR count). The number of rotatable bonds is 2. The van der Waals surface area contributed by atoms with E-state index in [9.17, 15) is 0 Å². The van der Waals surface area contributed by atoms with E-state index in [1.54, 1.807) is 0 Å². The molecule has 0 fully saturated rings. The van der Waals surface area contributed by atoms with Crippen molar-refractivity contribution in [2.24, 2.45) is 0 Å². The van der Waals surface area contributed by atoms with E-state index in [0.717, 1.165) is 12.8 Å². The second-order valence-corrected chi connectivity index (χ2v) is 5.89. The summed E-state index contributed by atoms with van der Waals surface area (Å²) in [5, 5.41) is 2.76. The van der Waals surface area contributed by atoms with Crippen LogP contribution in [0.3, 0.4) is 0 Å². The maximum atomic E-state index is 2.45. The van der Waals surface area contributed by atoms with Crippen LogP contribution in [0.1, 0.15) is 45.9 Å². The third-order valence-corrected chi connectivity index (χ3v) is 3.60. The Bertz CT molecular complexity index is 562. The number of hydrogen-bond acceptors (Lipinski definition) is 0. The summed E-state index contributed by atoms with van der Waals surface area (Å²) in [6, 6.07) is 8.74. The van der Waals surface area contributed by atoms with Crippen LogP contribution in [0, 0.1) is 0 Å². The number of aromatic nitrogens is 1. The van der Waals surface area contributed by atoms with Gasteiger partial charge in [-0.1, -0.05) is 32.0 Å². The largest absolute Gasteiger partial charge is 0.197 e.